The van der Waals surface area contributed by atoms with Crippen molar-refractivity contribution in [2.75, 3.05) is 25.5 Å². The molecule has 5 nitrogen and oxygen atoms in total. The van der Waals surface area contributed by atoms with Crippen LogP contribution in [-0.2, 0) is 0 Å². The average Bonchev–Trinajstić information content (AvgIpc) is 2.78. The van der Waals surface area contributed by atoms with Gasteiger partial charge in [-0.05, 0) is 64.0 Å². The van der Waals surface area contributed by atoms with Crippen LogP contribution in [0.15, 0.2) is 23.0 Å². The molecule has 1 fully saturated rings. The van der Waals surface area contributed by atoms with Crippen LogP contribution in [0.4, 0.5) is 5.69 Å². The van der Waals surface area contributed by atoms with Gasteiger partial charge in [0.2, 0.25) is 0 Å². The molecule has 2 heterocycles. The van der Waals surface area contributed by atoms with Crippen molar-refractivity contribution < 1.29 is 0 Å². The second-order valence-electron chi connectivity index (χ2n) is 5.91. The van der Waals surface area contributed by atoms with E-state index in [4.69, 9.17) is 0 Å². The zero-order valence-corrected chi connectivity index (χ0v) is 12.1. The number of hydrogen-bond donors (Lipinski definition) is 3. The van der Waals surface area contributed by atoms with Gasteiger partial charge in [0.1, 0.15) is 0 Å². The summed E-state index contributed by atoms with van der Waals surface area (Å²) in [5, 5.41) is 3.57. The number of aromatic nitrogens is 2. The number of imidazole rings is 1. The fourth-order valence-corrected chi connectivity index (χ4v) is 3.03. The number of benzene rings is 1. The first-order valence-electron chi connectivity index (χ1n) is 7.29. The second-order valence-corrected chi connectivity index (χ2v) is 5.91. The molecule has 2 aromatic rings. The Morgan fingerprint density at radius 3 is 2.70 bits per heavy atom. The van der Waals surface area contributed by atoms with Crippen LogP contribution in [-0.4, -0.2) is 41.0 Å². The minimum atomic E-state index is -0.152. The molecule has 1 saturated heterocycles. The number of H-pyrrole nitrogens is 2. The third-order valence-electron chi connectivity index (χ3n) is 4.38. The molecule has 3 rings (SSSR count). The third-order valence-corrected chi connectivity index (χ3v) is 4.38. The number of hydrogen-bond acceptors (Lipinski definition) is 3. The lowest BCUT2D eigenvalue weighted by molar-refractivity contribution is 0.208. The third kappa shape index (κ3) is 2.72. The molecule has 0 radical (unpaired) electrons. The second kappa shape index (κ2) is 5.32. The lowest BCUT2D eigenvalue weighted by atomic mass is 9.90. The van der Waals surface area contributed by atoms with E-state index in [1.807, 2.05) is 18.2 Å². The summed E-state index contributed by atoms with van der Waals surface area (Å²) in [6.45, 7) is 4.61. The van der Waals surface area contributed by atoms with E-state index in [0.717, 1.165) is 16.7 Å². The summed E-state index contributed by atoms with van der Waals surface area (Å²) in [5.74, 6) is 0.715. The number of rotatable bonds is 3. The Balaban J connectivity index is 1.70. The Morgan fingerprint density at radius 1 is 1.25 bits per heavy atom. The summed E-state index contributed by atoms with van der Waals surface area (Å²) in [6.07, 6.45) is 2.49. The van der Waals surface area contributed by atoms with Gasteiger partial charge in [-0.2, -0.15) is 0 Å². The van der Waals surface area contributed by atoms with Crippen molar-refractivity contribution in [1.29, 1.82) is 0 Å². The van der Waals surface area contributed by atoms with Gasteiger partial charge in [0.15, 0.2) is 0 Å². The van der Waals surface area contributed by atoms with Gasteiger partial charge in [0.25, 0.3) is 0 Å². The van der Waals surface area contributed by atoms with Gasteiger partial charge < -0.3 is 20.2 Å². The maximum atomic E-state index is 11.3. The molecule has 108 valence electrons. The molecule has 20 heavy (non-hydrogen) atoms. The lowest BCUT2D eigenvalue weighted by Crippen LogP contribution is -2.37. The van der Waals surface area contributed by atoms with Crippen LogP contribution in [0, 0.1) is 5.92 Å². The van der Waals surface area contributed by atoms with Crippen LogP contribution in [0.1, 0.15) is 19.8 Å². The van der Waals surface area contributed by atoms with Crippen molar-refractivity contribution in [3.8, 4) is 0 Å². The van der Waals surface area contributed by atoms with Crippen LogP contribution >= 0.6 is 0 Å². The van der Waals surface area contributed by atoms with E-state index in [0.29, 0.717) is 12.0 Å². The Hall–Kier alpha value is -1.75. The summed E-state index contributed by atoms with van der Waals surface area (Å²) >= 11 is 0. The van der Waals surface area contributed by atoms with Crippen LogP contribution in [0.2, 0.25) is 0 Å². The van der Waals surface area contributed by atoms with E-state index in [9.17, 15) is 4.79 Å². The topological polar surface area (TPSA) is 63.9 Å². The molecule has 0 aliphatic carbocycles. The van der Waals surface area contributed by atoms with Gasteiger partial charge >= 0.3 is 5.69 Å². The molecule has 0 spiro atoms. The first-order chi connectivity index (χ1) is 9.61. The van der Waals surface area contributed by atoms with Crippen molar-refractivity contribution in [2.45, 2.75) is 25.8 Å². The van der Waals surface area contributed by atoms with E-state index in [1.165, 1.54) is 25.9 Å². The van der Waals surface area contributed by atoms with Gasteiger partial charge in [0, 0.05) is 11.7 Å². The van der Waals surface area contributed by atoms with Gasteiger partial charge in [-0.15, -0.1) is 0 Å². The molecule has 0 bridgehead atoms. The summed E-state index contributed by atoms with van der Waals surface area (Å²) in [4.78, 5) is 19.2. The molecule has 3 N–H and O–H groups in total. The van der Waals surface area contributed by atoms with Crippen molar-refractivity contribution in [3.63, 3.8) is 0 Å². The van der Waals surface area contributed by atoms with Gasteiger partial charge in [0.05, 0.1) is 11.0 Å². The maximum Gasteiger partial charge on any atom is 0.323 e. The molecule has 1 aromatic heterocycles. The maximum absolute atomic E-state index is 11.3. The zero-order valence-electron chi connectivity index (χ0n) is 12.1. The van der Waals surface area contributed by atoms with Crippen molar-refractivity contribution >= 4 is 16.7 Å². The Morgan fingerprint density at radius 2 is 1.95 bits per heavy atom. The highest BCUT2D eigenvalue weighted by Crippen LogP contribution is 2.23. The van der Waals surface area contributed by atoms with E-state index in [-0.39, 0.29) is 5.69 Å². The molecule has 1 aliphatic rings. The molecular weight excluding hydrogens is 252 g/mol. The predicted octanol–water partition coefficient (Wildman–Crippen LogP) is 2.00. The number of anilines is 1. The smallest absolute Gasteiger partial charge is 0.323 e. The standard InChI is InChI=1S/C15H22N4O/c1-10(11-5-7-19(2)8-6-11)16-12-3-4-13-14(9-12)18-15(20)17-13/h3-4,9-11,16H,5-8H2,1-2H3,(H2,17,18,20). The molecule has 0 saturated carbocycles. The quantitative estimate of drug-likeness (QED) is 0.802. The monoisotopic (exact) mass is 274 g/mol. The SMILES string of the molecule is CC(Nc1ccc2[nH]c(=O)[nH]c2c1)C1CCN(C)CC1. The molecule has 1 atom stereocenters. The number of nitrogens with zero attached hydrogens (tertiary/aromatic N) is 1. The van der Waals surface area contributed by atoms with E-state index >= 15 is 0 Å². The van der Waals surface area contributed by atoms with Gasteiger partial charge in [-0.3, -0.25) is 0 Å². The Bertz CT molecular complexity index is 637. The predicted molar refractivity (Wildman–Crippen MR) is 82.2 cm³/mol. The Kier molecular flexibility index (Phi) is 3.53. The van der Waals surface area contributed by atoms with E-state index in [1.54, 1.807) is 0 Å². The molecule has 1 unspecified atom stereocenters. The number of likely N-dealkylation sites (tertiary alicyclic amines) is 1. The summed E-state index contributed by atoms with van der Waals surface area (Å²) in [5.41, 5.74) is 2.63. The average molecular weight is 274 g/mol. The summed E-state index contributed by atoms with van der Waals surface area (Å²) in [7, 11) is 2.19. The first-order valence-corrected chi connectivity index (χ1v) is 7.29. The molecule has 1 aliphatic heterocycles. The first kappa shape index (κ1) is 13.2. The molecule has 5 heteroatoms. The summed E-state index contributed by atoms with van der Waals surface area (Å²) < 4.78 is 0. The molecule has 0 amide bonds. The largest absolute Gasteiger partial charge is 0.382 e. The van der Waals surface area contributed by atoms with Crippen LogP contribution in [0.3, 0.4) is 0 Å². The number of piperidine rings is 1. The van der Waals surface area contributed by atoms with Crippen molar-refractivity contribution in [3.05, 3.63) is 28.7 Å². The zero-order chi connectivity index (χ0) is 14.1. The number of fused-ring (bicyclic) bond motifs is 1. The molecular formula is C15H22N4O. The summed E-state index contributed by atoms with van der Waals surface area (Å²) in [6, 6.07) is 6.42. The molecule has 1 aromatic carbocycles. The van der Waals surface area contributed by atoms with Crippen LogP contribution < -0.4 is 11.0 Å². The fourth-order valence-electron chi connectivity index (χ4n) is 3.03. The highest BCUT2D eigenvalue weighted by Gasteiger charge is 2.22. The highest BCUT2D eigenvalue weighted by molar-refractivity contribution is 5.78. The normalized spacial score (nSPS) is 19.3. The van der Waals surface area contributed by atoms with Gasteiger partial charge in [-0.25, -0.2) is 4.79 Å². The lowest BCUT2D eigenvalue weighted by Gasteiger charge is -2.33. The van der Waals surface area contributed by atoms with Crippen molar-refractivity contribution in [2.24, 2.45) is 5.92 Å². The van der Waals surface area contributed by atoms with E-state index < -0.39 is 0 Å². The minimum Gasteiger partial charge on any atom is -0.382 e. The van der Waals surface area contributed by atoms with Gasteiger partial charge in [-0.1, -0.05) is 0 Å². The minimum absolute atomic E-state index is 0.152. The van der Waals surface area contributed by atoms with E-state index in [2.05, 4.69) is 34.2 Å². The van der Waals surface area contributed by atoms with Crippen LogP contribution in [0.5, 0.6) is 0 Å². The number of nitrogens with one attached hydrogen (secondary N) is 3. The van der Waals surface area contributed by atoms with Crippen LogP contribution in [0.25, 0.3) is 11.0 Å². The Labute approximate surface area is 118 Å². The fraction of sp³-hybridized carbons (Fsp3) is 0.533. The van der Waals surface area contributed by atoms with Crippen molar-refractivity contribution in [1.82, 2.24) is 14.9 Å². The highest BCUT2D eigenvalue weighted by atomic mass is 16.1. The number of aromatic amines is 2.